The number of fused-ring (bicyclic) bond motifs is 3. The molecule has 3 heterocycles. The average Bonchev–Trinajstić information content (AvgIpc) is 3.12. The number of ether oxygens (including phenoxy) is 2. The molecule has 2 aliphatic heterocycles. The minimum atomic E-state index is -0.553. The predicted molar refractivity (Wildman–Crippen MR) is 98.3 cm³/mol. The molecule has 0 unspecified atom stereocenters. The molecule has 4 rings (SSSR count). The largest absolute Gasteiger partial charge is 0.486 e. The van der Waals surface area contributed by atoms with E-state index in [2.05, 4.69) is 4.98 Å². The number of carbonyl (C=O) groups is 2. The van der Waals surface area contributed by atoms with E-state index in [9.17, 15) is 9.59 Å². The van der Waals surface area contributed by atoms with Gasteiger partial charge in [0.15, 0.2) is 0 Å². The van der Waals surface area contributed by atoms with Crippen molar-refractivity contribution >= 4 is 17.5 Å². The molecule has 2 aromatic rings. The highest BCUT2D eigenvalue weighted by Crippen LogP contribution is 2.36. The second-order valence-corrected chi connectivity index (χ2v) is 6.72. The number of pyridine rings is 1. The van der Waals surface area contributed by atoms with Crippen LogP contribution in [0, 0.1) is 0 Å². The maximum absolute atomic E-state index is 13.5. The zero-order valence-corrected chi connectivity index (χ0v) is 15.1. The number of methoxy groups -OCH3 is 1. The van der Waals surface area contributed by atoms with Crippen molar-refractivity contribution in [3.63, 3.8) is 0 Å². The molecule has 1 aromatic carbocycles. The van der Waals surface area contributed by atoms with Gasteiger partial charge in [-0.1, -0.05) is 18.2 Å². The fourth-order valence-electron chi connectivity index (χ4n) is 3.69. The summed E-state index contributed by atoms with van der Waals surface area (Å²) >= 11 is 0. The van der Waals surface area contributed by atoms with Crippen LogP contribution in [0.2, 0.25) is 0 Å². The van der Waals surface area contributed by atoms with Crippen molar-refractivity contribution in [2.24, 2.45) is 0 Å². The van der Waals surface area contributed by atoms with E-state index >= 15 is 0 Å². The van der Waals surface area contributed by atoms with E-state index in [0.717, 1.165) is 5.56 Å². The summed E-state index contributed by atoms with van der Waals surface area (Å²) in [5.74, 6) is 0.343. The fraction of sp³-hybridized carbons (Fsp3) is 0.350. The van der Waals surface area contributed by atoms with Gasteiger partial charge < -0.3 is 19.3 Å². The number of nitrogens with zero attached hydrogens (tertiary/aromatic N) is 3. The topological polar surface area (TPSA) is 72.0 Å². The summed E-state index contributed by atoms with van der Waals surface area (Å²) < 4.78 is 11.1. The molecular weight excluding hydrogens is 346 g/mol. The predicted octanol–water partition coefficient (Wildman–Crippen LogP) is 1.62. The van der Waals surface area contributed by atoms with Crippen molar-refractivity contribution in [2.45, 2.75) is 25.1 Å². The maximum Gasteiger partial charge on any atom is 0.250 e. The number of benzene rings is 1. The summed E-state index contributed by atoms with van der Waals surface area (Å²) in [5.41, 5.74) is 1.62. The third-order valence-electron chi connectivity index (χ3n) is 4.92. The third-order valence-corrected chi connectivity index (χ3v) is 4.92. The molecule has 1 aromatic heterocycles. The molecule has 2 atom stereocenters. The molecule has 0 spiro atoms. The second kappa shape index (κ2) is 7.36. The van der Waals surface area contributed by atoms with Crippen LogP contribution >= 0.6 is 0 Å². The van der Waals surface area contributed by atoms with Gasteiger partial charge in [0, 0.05) is 25.9 Å². The normalized spacial score (nSPS) is 21.3. The number of likely N-dealkylation sites (tertiary alicyclic amines) is 1. The number of hydrogen-bond donors (Lipinski definition) is 0. The van der Waals surface area contributed by atoms with Gasteiger partial charge in [0.2, 0.25) is 11.8 Å². The van der Waals surface area contributed by atoms with Gasteiger partial charge in [-0.05, 0) is 23.8 Å². The highest BCUT2D eigenvalue weighted by Gasteiger charge is 2.44. The Hall–Kier alpha value is -2.93. The fourth-order valence-corrected chi connectivity index (χ4v) is 3.69. The molecule has 1 fully saturated rings. The number of anilines is 1. The number of carbonyl (C=O) groups excluding carboxylic acids is 2. The Labute approximate surface area is 157 Å². The number of aromatic nitrogens is 1. The molecule has 0 N–H and O–H groups in total. The minimum absolute atomic E-state index is 0.0495. The van der Waals surface area contributed by atoms with Crippen LogP contribution in [-0.4, -0.2) is 54.1 Å². The van der Waals surface area contributed by atoms with Crippen molar-refractivity contribution in [3.05, 3.63) is 54.4 Å². The van der Waals surface area contributed by atoms with Crippen LogP contribution in [0.15, 0.2) is 48.8 Å². The smallest absolute Gasteiger partial charge is 0.250 e. The molecule has 7 heteroatoms. The van der Waals surface area contributed by atoms with Crippen LogP contribution in [0.25, 0.3) is 0 Å². The number of para-hydroxylation sites is 2. The summed E-state index contributed by atoms with van der Waals surface area (Å²) in [6.45, 7) is 0.695. The van der Waals surface area contributed by atoms with Crippen LogP contribution in [0.1, 0.15) is 12.0 Å². The monoisotopic (exact) mass is 367 g/mol. The summed E-state index contributed by atoms with van der Waals surface area (Å²) in [7, 11) is 1.47. The first kappa shape index (κ1) is 17.5. The zero-order valence-electron chi connectivity index (χ0n) is 15.1. The molecule has 2 amide bonds. The van der Waals surface area contributed by atoms with Gasteiger partial charge in [-0.2, -0.15) is 0 Å². The van der Waals surface area contributed by atoms with E-state index in [0.29, 0.717) is 30.9 Å². The number of amides is 2. The Morgan fingerprint density at radius 1 is 1.30 bits per heavy atom. The van der Waals surface area contributed by atoms with Gasteiger partial charge in [0.25, 0.3) is 0 Å². The lowest BCUT2D eigenvalue weighted by atomic mass is 10.1. The Balaban J connectivity index is 1.72. The van der Waals surface area contributed by atoms with Crippen molar-refractivity contribution in [1.29, 1.82) is 0 Å². The van der Waals surface area contributed by atoms with Crippen molar-refractivity contribution in [1.82, 2.24) is 9.88 Å². The van der Waals surface area contributed by atoms with E-state index < -0.39 is 6.04 Å². The molecular formula is C20H21N3O4. The lowest BCUT2D eigenvalue weighted by Crippen LogP contribution is -2.48. The minimum Gasteiger partial charge on any atom is -0.486 e. The molecule has 27 heavy (non-hydrogen) atoms. The second-order valence-electron chi connectivity index (χ2n) is 6.72. The number of rotatable bonds is 4. The summed E-state index contributed by atoms with van der Waals surface area (Å²) in [6, 6.07) is 10.7. The third kappa shape index (κ3) is 3.38. The first-order chi connectivity index (χ1) is 13.2. The van der Waals surface area contributed by atoms with E-state index in [1.165, 1.54) is 7.11 Å². The highest BCUT2D eigenvalue weighted by molar-refractivity contribution is 6.01. The van der Waals surface area contributed by atoms with Crippen LogP contribution in [0.4, 0.5) is 5.69 Å². The molecule has 0 saturated carbocycles. The maximum atomic E-state index is 13.5. The summed E-state index contributed by atoms with van der Waals surface area (Å²) in [4.78, 5) is 33.3. The lowest BCUT2D eigenvalue weighted by Gasteiger charge is -2.31. The van der Waals surface area contributed by atoms with Crippen LogP contribution < -0.4 is 9.64 Å². The number of hydrogen-bond acceptors (Lipinski definition) is 5. The molecule has 1 saturated heterocycles. The summed E-state index contributed by atoms with van der Waals surface area (Å²) in [6.07, 6.45) is 3.71. The Morgan fingerprint density at radius 3 is 2.93 bits per heavy atom. The Kier molecular flexibility index (Phi) is 4.77. The van der Waals surface area contributed by atoms with Gasteiger partial charge in [0.1, 0.15) is 24.5 Å². The first-order valence-corrected chi connectivity index (χ1v) is 8.91. The quantitative estimate of drug-likeness (QED) is 0.821. The molecule has 0 aliphatic carbocycles. The zero-order chi connectivity index (χ0) is 18.8. The molecule has 140 valence electrons. The van der Waals surface area contributed by atoms with Crippen molar-refractivity contribution < 1.29 is 19.1 Å². The highest BCUT2D eigenvalue weighted by atomic mass is 16.5. The molecule has 2 aliphatic rings. The lowest BCUT2D eigenvalue weighted by molar-refractivity contribution is -0.140. The molecule has 2 bridgehead atoms. The van der Waals surface area contributed by atoms with Gasteiger partial charge in [-0.3, -0.25) is 14.6 Å². The van der Waals surface area contributed by atoms with Crippen LogP contribution in [-0.2, 0) is 20.9 Å². The van der Waals surface area contributed by atoms with E-state index in [4.69, 9.17) is 9.47 Å². The van der Waals surface area contributed by atoms with Crippen LogP contribution in [0.5, 0.6) is 5.75 Å². The van der Waals surface area contributed by atoms with Gasteiger partial charge in [-0.25, -0.2) is 0 Å². The molecule has 7 nitrogen and oxygen atoms in total. The van der Waals surface area contributed by atoms with Crippen LogP contribution in [0.3, 0.4) is 0 Å². The van der Waals surface area contributed by atoms with E-state index in [1.807, 2.05) is 36.4 Å². The molecule has 0 radical (unpaired) electrons. The SMILES string of the molecule is COCC(=O)N1C[C@@H]2C[C@H]1C(=O)N(Cc1cccnc1)c1ccccc1O2. The van der Waals surface area contributed by atoms with Gasteiger partial charge in [0.05, 0.1) is 18.8 Å². The average molecular weight is 367 g/mol. The standard InChI is InChI=1S/C20H21N3O4/c1-26-13-19(24)22-12-15-9-17(22)20(25)23(11-14-5-4-8-21-10-14)16-6-2-3-7-18(16)27-15/h2-8,10,15,17H,9,11-13H2,1H3/t15-,17-/m0/s1. The van der Waals surface area contributed by atoms with Crippen molar-refractivity contribution in [2.75, 3.05) is 25.2 Å². The summed E-state index contributed by atoms with van der Waals surface area (Å²) in [5, 5.41) is 0. The van der Waals surface area contributed by atoms with E-state index in [1.54, 1.807) is 22.2 Å². The Morgan fingerprint density at radius 2 is 2.15 bits per heavy atom. The van der Waals surface area contributed by atoms with Gasteiger partial charge >= 0.3 is 0 Å². The Bertz CT molecular complexity index is 842. The van der Waals surface area contributed by atoms with Gasteiger partial charge in [-0.15, -0.1) is 0 Å². The van der Waals surface area contributed by atoms with E-state index in [-0.39, 0.29) is 24.5 Å². The first-order valence-electron chi connectivity index (χ1n) is 8.91. The van der Waals surface area contributed by atoms with Crippen molar-refractivity contribution in [3.8, 4) is 5.75 Å².